The molecule has 9 heteroatoms. The Balaban J connectivity index is 1.26. The van der Waals surface area contributed by atoms with Crippen molar-refractivity contribution in [3.63, 3.8) is 0 Å². The van der Waals surface area contributed by atoms with Crippen molar-refractivity contribution < 1.29 is 18.0 Å². The van der Waals surface area contributed by atoms with E-state index in [4.69, 9.17) is 5.73 Å². The maximum atomic E-state index is 13.4. The molecule has 0 spiro atoms. The second-order valence-electron chi connectivity index (χ2n) is 11.3. The normalized spacial score (nSPS) is 34.2. The van der Waals surface area contributed by atoms with Crippen molar-refractivity contribution in [2.24, 2.45) is 28.9 Å². The number of aryl methyl sites for hydroxylation is 2. The first-order valence-corrected chi connectivity index (χ1v) is 13.9. The number of benzene rings is 1. The molecule has 1 heterocycles. The van der Waals surface area contributed by atoms with E-state index in [9.17, 15) is 18.0 Å². The zero-order valence-corrected chi connectivity index (χ0v) is 20.9. The van der Waals surface area contributed by atoms with E-state index in [1.807, 2.05) is 32.0 Å². The molecule has 1 saturated heterocycles. The number of nitrogens with one attached hydrogen (secondary N) is 1. The molecule has 1 aromatic rings. The molecule has 0 aromatic heterocycles. The van der Waals surface area contributed by atoms with E-state index in [-0.39, 0.29) is 29.8 Å². The van der Waals surface area contributed by atoms with Gasteiger partial charge in [0.05, 0.1) is 12.2 Å². The highest BCUT2D eigenvalue weighted by atomic mass is 32.2. The second kappa shape index (κ2) is 8.52. The van der Waals surface area contributed by atoms with Crippen LogP contribution in [0.15, 0.2) is 18.2 Å². The third-order valence-electron chi connectivity index (χ3n) is 8.59. The van der Waals surface area contributed by atoms with E-state index in [2.05, 4.69) is 5.32 Å². The Morgan fingerprint density at radius 2 is 1.82 bits per heavy atom. The first kappa shape index (κ1) is 23.6. The van der Waals surface area contributed by atoms with Crippen LogP contribution >= 0.6 is 0 Å². The van der Waals surface area contributed by atoms with Crippen molar-refractivity contribution in [1.82, 2.24) is 9.62 Å². The minimum atomic E-state index is -3.78. The maximum Gasteiger partial charge on any atom is 0.304 e. The molecule has 6 rings (SSSR count). The van der Waals surface area contributed by atoms with Gasteiger partial charge in [-0.05, 0) is 87.2 Å². The summed E-state index contributed by atoms with van der Waals surface area (Å²) >= 11 is 0. The summed E-state index contributed by atoms with van der Waals surface area (Å²) < 4.78 is 29.5. The molecule has 4 aliphatic carbocycles. The quantitative estimate of drug-likeness (QED) is 0.639. The molecule has 8 nitrogen and oxygen atoms in total. The average molecular weight is 489 g/mol. The standard InChI is InChI=1S/C25H36N4O4S/c1-16-4-5-21(17(2)8-16)29-7-3-6-28(34(29,32)33)15-23(31)27-24-19-9-18-10-20(24)13-25(11-18,12-19)14-22(26)30/h4-5,8,18-20,24H,3,6-7,9-15H2,1-2H3,(H2,26,30)(H,27,31). The molecular formula is C25H36N4O4S. The first-order chi connectivity index (χ1) is 16.1. The van der Waals surface area contributed by atoms with Crippen molar-refractivity contribution in [3.8, 4) is 0 Å². The number of nitrogens with two attached hydrogens (primary N) is 1. The van der Waals surface area contributed by atoms with Crippen molar-refractivity contribution in [2.45, 2.75) is 64.8 Å². The highest BCUT2D eigenvalue weighted by molar-refractivity contribution is 7.90. The van der Waals surface area contributed by atoms with Gasteiger partial charge < -0.3 is 11.1 Å². The number of rotatable bonds is 6. The number of carbonyl (C=O) groups excluding carboxylic acids is 2. The van der Waals surface area contributed by atoms with Gasteiger partial charge in [0.15, 0.2) is 0 Å². The lowest BCUT2D eigenvalue weighted by atomic mass is 9.47. The van der Waals surface area contributed by atoms with Gasteiger partial charge in [0.2, 0.25) is 11.8 Å². The van der Waals surface area contributed by atoms with E-state index >= 15 is 0 Å². The summed E-state index contributed by atoms with van der Waals surface area (Å²) in [4.78, 5) is 24.8. The first-order valence-electron chi connectivity index (χ1n) is 12.5. The van der Waals surface area contributed by atoms with Crippen molar-refractivity contribution in [1.29, 1.82) is 0 Å². The van der Waals surface area contributed by atoms with E-state index in [1.165, 1.54) is 8.61 Å². The molecule has 2 amide bonds. The summed E-state index contributed by atoms with van der Waals surface area (Å²) in [6, 6.07) is 5.81. The predicted octanol–water partition coefficient (Wildman–Crippen LogP) is 2.25. The van der Waals surface area contributed by atoms with Crippen LogP contribution in [0.4, 0.5) is 5.69 Å². The van der Waals surface area contributed by atoms with Crippen molar-refractivity contribution in [2.75, 3.05) is 23.9 Å². The Morgan fingerprint density at radius 3 is 2.47 bits per heavy atom. The Morgan fingerprint density at radius 1 is 1.12 bits per heavy atom. The number of primary amides is 1. The molecule has 1 aromatic carbocycles. The zero-order valence-electron chi connectivity index (χ0n) is 20.1. The third kappa shape index (κ3) is 4.21. The van der Waals surface area contributed by atoms with Crippen LogP contribution in [0.2, 0.25) is 0 Å². The molecule has 2 unspecified atom stereocenters. The van der Waals surface area contributed by atoms with Gasteiger partial charge in [-0.1, -0.05) is 17.7 Å². The Kier molecular flexibility index (Phi) is 5.91. The van der Waals surface area contributed by atoms with E-state index in [0.29, 0.717) is 49.4 Å². The summed E-state index contributed by atoms with van der Waals surface area (Å²) in [5, 5.41) is 3.21. The Bertz CT molecular complexity index is 1090. The summed E-state index contributed by atoms with van der Waals surface area (Å²) in [5.74, 6) is 0.843. The molecule has 2 atom stereocenters. The number of amides is 2. The van der Waals surface area contributed by atoms with E-state index in [1.54, 1.807) is 0 Å². The monoisotopic (exact) mass is 488 g/mol. The summed E-state index contributed by atoms with van der Waals surface area (Å²) in [5.41, 5.74) is 8.23. The van der Waals surface area contributed by atoms with Gasteiger partial charge in [0.25, 0.3) is 0 Å². The van der Waals surface area contributed by atoms with Crippen molar-refractivity contribution >= 4 is 27.7 Å². The van der Waals surface area contributed by atoms with Crippen LogP contribution in [0, 0.1) is 37.0 Å². The van der Waals surface area contributed by atoms with Gasteiger partial charge >= 0.3 is 10.2 Å². The fraction of sp³-hybridized carbons (Fsp3) is 0.680. The lowest BCUT2D eigenvalue weighted by Gasteiger charge is -2.60. The predicted molar refractivity (Wildman–Crippen MR) is 130 cm³/mol. The fourth-order valence-corrected chi connectivity index (χ4v) is 9.39. The number of nitrogens with zero attached hydrogens (tertiary/aromatic N) is 2. The SMILES string of the molecule is Cc1ccc(N2CCCN(CC(=O)NC3C4CC5CC3CC(CC(N)=O)(C5)C4)S2(=O)=O)c(C)c1. The lowest BCUT2D eigenvalue weighted by molar-refractivity contribution is -0.134. The number of carbonyl (C=O) groups is 2. The van der Waals surface area contributed by atoms with Crippen LogP contribution < -0.4 is 15.4 Å². The minimum absolute atomic E-state index is 0.00612. The molecule has 1 aliphatic heterocycles. The van der Waals surface area contributed by atoms with Crippen molar-refractivity contribution in [3.05, 3.63) is 29.3 Å². The van der Waals surface area contributed by atoms with Crippen LogP contribution in [0.1, 0.15) is 56.1 Å². The fourth-order valence-electron chi connectivity index (χ4n) is 7.66. The average Bonchev–Trinajstić information content (AvgIpc) is 2.71. The van der Waals surface area contributed by atoms with Gasteiger partial charge in [-0.25, -0.2) is 0 Å². The van der Waals surface area contributed by atoms with Gasteiger partial charge in [0.1, 0.15) is 0 Å². The molecule has 4 bridgehead atoms. The van der Waals surface area contributed by atoms with E-state index < -0.39 is 10.2 Å². The van der Waals surface area contributed by atoms with Crippen LogP contribution in [0.25, 0.3) is 0 Å². The topological polar surface area (TPSA) is 113 Å². The largest absolute Gasteiger partial charge is 0.370 e. The highest BCUT2D eigenvalue weighted by Gasteiger charge is 2.56. The number of hydrogen-bond donors (Lipinski definition) is 2. The highest BCUT2D eigenvalue weighted by Crippen LogP contribution is 2.61. The molecule has 34 heavy (non-hydrogen) atoms. The molecular weight excluding hydrogens is 452 g/mol. The van der Waals surface area contributed by atoms with Gasteiger partial charge in [-0.3, -0.25) is 13.9 Å². The van der Waals surface area contributed by atoms with Crippen LogP contribution in [0.3, 0.4) is 0 Å². The lowest BCUT2D eigenvalue weighted by Crippen LogP contribution is -2.61. The molecule has 186 valence electrons. The molecule has 5 aliphatic rings. The summed E-state index contributed by atoms with van der Waals surface area (Å²) in [6.07, 6.45) is 6.19. The number of anilines is 1. The second-order valence-corrected chi connectivity index (χ2v) is 13.1. The maximum absolute atomic E-state index is 13.4. The van der Waals surface area contributed by atoms with Crippen LogP contribution in [0.5, 0.6) is 0 Å². The third-order valence-corrected chi connectivity index (χ3v) is 10.5. The molecule has 0 radical (unpaired) electrons. The van der Waals surface area contributed by atoms with Crippen LogP contribution in [-0.4, -0.2) is 50.2 Å². The van der Waals surface area contributed by atoms with Crippen LogP contribution in [-0.2, 0) is 19.8 Å². The smallest absolute Gasteiger partial charge is 0.304 e. The summed E-state index contributed by atoms with van der Waals surface area (Å²) in [7, 11) is -3.78. The van der Waals surface area contributed by atoms with Gasteiger partial charge in [0, 0.05) is 25.6 Å². The zero-order chi connectivity index (χ0) is 24.3. The Hall–Kier alpha value is -2.13. The molecule has 3 N–H and O–H groups in total. The summed E-state index contributed by atoms with van der Waals surface area (Å²) in [6.45, 7) is 4.51. The molecule has 4 saturated carbocycles. The van der Waals surface area contributed by atoms with Gasteiger partial charge in [-0.15, -0.1) is 0 Å². The Labute approximate surface area is 202 Å². The van der Waals surface area contributed by atoms with Gasteiger partial charge in [-0.2, -0.15) is 12.7 Å². The number of hydrogen-bond acceptors (Lipinski definition) is 4. The molecule has 5 fully saturated rings. The van der Waals surface area contributed by atoms with E-state index in [0.717, 1.165) is 43.2 Å². The minimum Gasteiger partial charge on any atom is -0.370 e.